The summed E-state index contributed by atoms with van der Waals surface area (Å²) in [6.07, 6.45) is 0. The summed E-state index contributed by atoms with van der Waals surface area (Å²) in [7, 11) is -0.368. The van der Waals surface area contributed by atoms with Crippen molar-refractivity contribution in [2.75, 3.05) is 19.4 Å². The first-order valence-corrected chi connectivity index (χ1v) is 6.37. The maximum Gasteiger partial charge on any atom is 0.253 e. The number of sulfonamides is 1. The van der Waals surface area contributed by atoms with Crippen molar-refractivity contribution in [3.05, 3.63) is 24.3 Å². The van der Waals surface area contributed by atoms with E-state index in [1.165, 1.54) is 36.2 Å². The first-order valence-electron chi connectivity index (χ1n) is 4.89. The maximum atomic E-state index is 11.7. The minimum atomic E-state index is -3.54. The fourth-order valence-corrected chi connectivity index (χ4v) is 2.29. The fourth-order valence-electron chi connectivity index (χ4n) is 1.21. The van der Waals surface area contributed by atoms with E-state index in [9.17, 15) is 13.2 Å². The van der Waals surface area contributed by atoms with Gasteiger partial charge in [-0.1, -0.05) is 0 Å². The van der Waals surface area contributed by atoms with Crippen LogP contribution < -0.4 is 10.1 Å². The molecule has 6 nitrogen and oxygen atoms in total. The Balaban J connectivity index is 2.91. The van der Waals surface area contributed by atoms with E-state index < -0.39 is 10.0 Å². The molecule has 0 aliphatic heterocycles. The van der Waals surface area contributed by atoms with Crippen LogP contribution in [0.25, 0.3) is 0 Å². The molecule has 0 radical (unpaired) electrons. The third-order valence-corrected chi connectivity index (χ3v) is 3.29. The van der Waals surface area contributed by atoms with Crippen molar-refractivity contribution in [3.8, 4) is 0 Å². The minimum Gasteiger partial charge on any atom is -0.326 e. The van der Waals surface area contributed by atoms with Crippen LogP contribution in [0, 0.1) is 0 Å². The molecule has 0 unspecified atom stereocenters. The van der Waals surface area contributed by atoms with Gasteiger partial charge in [-0.15, -0.1) is 4.83 Å². The van der Waals surface area contributed by atoms with Gasteiger partial charge in [-0.3, -0.25) is 4.79 Å². The molecule has 94 valence electrons. The Bertz CT molecular complexity index is 494. The van der Waals surface area contributed by atoms with Gasteiger partial charge in [0.05, 0.1) is 4.90 Å². The zero-order valence-corrected chi connectivity index (χ0v) is 10.7. The summed E-state index contributed by atoms with van der Waals surface area (Å²) >= 11 is 0. The standard InChI is InChI=1S/C10H15N3O3S/c1-8(14)11-9-4-6-10(7-5-9)17(15,16)12-13(2)3/h4-7,12H,1-3H3,(H,11,14). The maximum absolute atomic E-state index is 11.7. The van der Waals surface area contributed by atoms with Crippen LogP contribution in [0.15, 0.2) is 29.2 Å². The van der Waals surface area contributed by atoms with E-state index in [1.54, 1.807) is 14.1 Å². The third-order valence-electron chi connectivity index (χ3n) is 1.79. The molecule has 0 atom stereocenters. The molecule has 0 aliphatic carbocycles. The fraction of sp³-hybridized carbons (Fsp3) is 0.300. The van der Waals surface area contributed by atoms with E-state index in [2.05, 4.69) is 10.1 Å². The Morgan fingerprint density at radius 2 is 1.71 bits per heavy atom. The van der Waals surface area contributed by atoms with Crippen molar-refractivity contribution in [3.63, 3.8) is 0 Å². The summed E-state index contributed by atoms with van der Waals surface area (Å²) in [5.41, 5.74) is 0.557. The van der Waals surface area contributed by atoms with Gasteiger partial charge >= 0.3 is 0 Å². The lowest BCUT2D eigenvalue weighted by Gasteiger charge is -2.12. The summed E-state index contributed by atoms with van der Waals surface area (Å²) in [4.78, 5) is 13.2. The van der Waals surface area contributed by atoms with Crippen LogP contribution in [0.4, 0.5) is 5.69 Å². The van der Waals surface area contributed by atoms with Gasteiger partial charge in [0.15, 0.2) is 0 Å². The zero-order chi connectivity index (χ0) is 13.1. The van der Waals surface area contributed by atoms with Gasteiger partial charge < -0.3 is 5.32 Å². The number of nitrogens with one attached hydrogen (secondary N) is 2. The summed E-state index contributed by atoms with van der Waals surface area (Å²) in [6.45, 7) is 1.39. The summed E-state index contributed by atoms with van der Waals surface area (Å²) in [6, 6.07) is 5.92. The second-order valence-electron chi connectivity index (χ2n) is 3.69. The SMILES string of the molecule is CC(=O)Nc1ccc(S(=O)(=O)NN(C)C)cc1. The number of hydrazine groups is 1. The van der Waals surface area contributed by atoms with Gasteiger partial charge in [-0.2, -0.15) is 0 Å². The van der Waals surface area contributed by atoms with E-state index in [0.29, 0.717) is 5.69 Å². The van der Waals surface area contributed by atoms with Gasteiger partial charge in [-0.05, 0) is 24.3 Å². The van der Waals surface area contributed by atoms with Crippen LogP contribution in [0.1, 0.15) is 6.92 Å². The van der Waals surface area contributed by atoms with Crippen molar-refractivity contribution >= 4 is 21.6 Å². The predicted octanol–water partition coefficient (Wildman–Crippen LogP) is 0.400. The Hall–Kier alpha value is -1.44. The van der Waals surface area contributed by atoms with Crippen molar-refractivity contribution in [1.29, 1.82) is 0 Å². The Morgan fingerprint density at radius 3 is 2.12 bits per heavy atom. The number of amides is 1. The molecular weight excluding hydrogens is 242 g/mol. The van der Waals surface area contributed by atoms with E-state index in [4.69, 9.17) is 0 Å². The average Bonchev–Trinajstić information content (AvgIpc) is 2.15. The van der Waals surface area contributed by atoms with Gasteiger partial charge in [-0.25, -0.2) is 13.4 Å². The second-order valence-corrected chi connectivity index (χ2v) is 5.36. The van der Waals surface area contributed by atoms with Crippen LogP contribution >= 0.6 is 0 Å². The zero-order valence-electron chi connectivity index (χ0n) is 9.89. The average molecular weight is 257 g/mol. The molecule has 0 bridgehead atoms. The summed E-state index contributed by atoms with van der Waals surface area (Å²) < 4.78 is 23.5. The largest absolute Gasteiger partial charge is 0.326 e. The van der Waals surface area contributed by atoms with Gasteiger partial charge in [0, 0.05) is 26.7 Å². The molecule has 2 N–H and O–H groups in total. The second kappa shape index (κ2) is 5.26. The van der Waals surface area contributed by atoms with Crippen LogP contribution in [0.5, 0.6) is 0 Å². The number of hydrogen-bond acceptors (Lipinski definition) is 4. The Kier molecular flexibility index (Phi) is 4.22. The lowest BCUT2D eigenvalue weighted by Crippen LogP contribution is -2.36. The highest BCUT2D eigenvalue weighted by Gasteiger charge is 2.14. The Labute approximate surface area is 101 Å². The number of nitrogens with zero attached hydrogens (tertiary/aromatic N) is 1. The van der Waals surface area contributed by atoms with Crippen molar-refractivity contribution in [2.24, 2.45) is 0 Å². The number of carbonyl (C=O) groups excluding carboxylic acids is 1. The molecular formula is C10H15N3O3S. The number of hydrogen-bond donors (Lipinski definition) is 2. The highest BCUT2D eigenvalue weighted by atomic mass is 32.2. The van der Waals surface area contributed by atoms with Crippen LogP contribution in [0.3, 0.4) is 0 Å². The first-order chi connectivity index (χ1) is 7.81. The van der Waals surface area contributed by atoms with Gasteiger partial charge in [0.1, 0.15) is 0 Å². The molecule has 17 heavy (non-hydrogen) atoms. The smallest absolute Gasteiger partial charge is 0.253 e. The van der Waals surface area contributed by atoms with Gasteiger partial charge in [0.2, 0.25) is 5.91 Å². The number of anilines is 1. The quantitative estimate of drug-likeness (QED) is 0.765. The van der Waals surface area contributed by atoms with Crippen LogP contribution in [-0.4, -0.2) is 33.4 Å². The molecule has 0 aliphatic rings. The molecule has 0 spiro atoms. The normalized spacial score (nSPS) is 11.5. The monoisotopic (exact) mass is 257 g/mol. The van der Waals surface area contributed by atoms with E-state index in [0.717, 1.165) is 0 Å². The highest BCUT2D eigenvalue weighted by Crippen LogP contribution is 2.13. The summed E-state index contributed by atoms with van der Waals surface area (Å²) in [5.74, 6) is -0.202. The number of carbonyl (C=O) groups is 1. The van der Waals surface area contributed by atoms with E-state index in [-0.39, 0.29) is 10.8 Å². The number of benzene rings is 1. The molecule has 0 saturated heterocycles. The van der Waals surface area contributed by atoms with Crippen LogP contribution in [-0.2, 0) is 14.8 Å². The van der Waals surface area contributed by atoms with Gasteiger partial charge in [0.25, 0.3) is 10.0 Å². The molecule has 0 fully saturated rings. The lowest BCUT2D eigenvalue weighted by atomic mass is 10.3. The van der Waals surface area contributed by atoms with Crippen molar-refractivity contribution < 1.29 is 13.2 Å². The van der Waals surface area contributed by atoms with E-state index in [1.807, 2.05) is 0 Å². The molecule has 1 rings (SSSR count). The molecule has 1 amide bonds. The first kappa shape index (κ1) is 13.6. The predicted molar refractivity (Wildman–Crippen MR) is 64.8 cm³/mol. The van der Waals surface area contributed by atoms with Crippen LogP contribution in [0.2, 0.25) is 0 Å². The molecule has 7 heteroatoms. The highest BCUT2D eigenvalue weighted by molar-refractivity contribution is 7.89. The molecule has 1 aromatic rings. The summed E-state index contributed by atoms with van der Waals surface area (Å²) in [5, 5.41) is 3.90. The third kappa shape index (κ3) is 4.14. The minimum absolute atomic E-state index is 0.139. The van der Waals surface area contributed by atoms with E-state index >= 15 is 0 Å². The topological polar surface area (TPSA) is 78.5 Å². The lowest BCUT2D eigenvalue weighted by molar-refractivity contribution is -0.114. The molecule has 1 aromatic carbocycles. The Morgan fingerprint density at radius 1 is 1.18 bits per heavy atom. The van der Waals surface area contributed by atoms with Crippen molar-refractivity contribution in [1.82, 2.24) is 9.84 Å². The molecule has 0 heterocycles. The molecule has 0 aromatic heterocycles. The van der Waals surface area contributed by atoms with Crippen molar-refractivity contribution in [2.45, 2.75) is 11.8 Å². The molecule has 0 saturated carbocycles. The number of rotatable bonds is 4.